The molecular weight excluding hydrogens is 377 g/mol. The van der Waals surface area contributed by atoms with Crippen LogP contribution in [0.5, 0.6) is 5.75 Å². The Balaban J connectivity index is 1.63. The number of ether oxygens (including phenoxy) is 1. The van der Waals surface area contributed by atoms with Crippen LogP contribution < -0.4 is 10.1 Å². The summed E-state index contributed by atoms with van der Waals surface area (Å²) >= 11 is 11.9. The molecule has 0 spiro atoms. The predicted molar refractivity (Wildman–Crippen MR) is 99.9 cm³/mol. The molecule has 26 heavy (non-hydrogen) atoms. The van der Waals surface area contributed by atoms with Crippen molar-refractivity contribution >= 4 is 34.8 Å². The van der Waals surface area contributed by atoms with Crippen LogP contribution in [0.25, 0.3) is 0 Å². The SMILES string of the molecule is CCn1ncc(NC(=O)c2ccn(COc3ccc(Cl)cc3Cl)n2)c1C. The van der Waals surface area contributed by atoms with Gasteiger partial charge in [-0.2, -0.15) is 10.2 Å². The first kappa shape index (κ1) is 18.3. The van der Waals surface area contributed by atoms with Crippen molar-refractivity contribution in [1.29, 1.82) is 0 Å². The fraction of sp³-hybridized carbons (Fsp3) is 0.235. The zero-order chi connectivity index (χ0) is 18.7. The highest BCUT2D eigenvalue weighted by Crippen LogP contribution is 2.27. The van der Waals surface area contributed by atoms with Gasteiger partial charge in [0.25, 0.3) is 5.91 Å². The van der Waals surface area contributed by atoms with E-state index in [0.717, 1.165) is 12.2 Å². The molecule has 0 atom stereocenters. The van der Waals surface area contributed by atoms with Gasteiger partial charge < -0.3 is 10.1 Å². The largest absolute Gasteiger partial charge is 0.470 e. The molecule has 1 N–H and O–H groups in total. The maximum Gasteiger partial charge on any atom is 0.276 e. The zero-order valence-corrected chi connectivity index (χ0v) is 15.8. The van der Waals surface area contributed by atoms with Crippen molar-refractivity contribution in [1.82, 2.24) is 19.6 Å². The van der Waals surface area contributed by atoms with Gasteiger partial charge in [-0.25, -0.2) is 4.68 Å². The molecule has 9 heteroatoms. The van der Waals surface area contributed by atoms with Crippen molar-refractivity contribution in [3.63, 3.8) is 0 Å². The molecule has 2 aromatic heterocycles. The molecule has 0 aliphatic rings. The van der Waals surface area contributed by atoms with E-state index < -0.39 is 0 Å². The molecule has 0 radical (unpaired) electrons. The Morgan fingerprint density at radius 2 is 2.12 bits per heavy atom. The molecule has 0 aliphatic heterocycles. The van der Waals surface area contributed by atoms with E-state index in [2.05, 4.69) is 15.5 Å². The van der Waals surface area contributed by atoms with Gasteiger partial charge in [0, 0.05) is 17.8 Å². The molecule has 7 nitrogen and oxygen atoms in total. The fourth-order valence-electron chi connectivity index (χ4n) is 2.36. The van der Waals surface area contributed by atoms with Crippen molar-refractivity contribution in [2.24, 2.45) is 0 Å². The first-order valence-corrected chi connectivity index (χ1v) is 8.68. The number of hydrogen-bond acceptors (Lipinski definition) is 4. The van der Waals surface area contributed by atoms with E-state index in [4.69, 9.17) is 27.9 Å². The summed E-state index contributed by atoms with van der Waals surface area (Å²) in [4.78, 5) is 12.3. The minimum Gasteiger partial charge on any atom is -0.470 e. The number of aryl methyl sites for hydroxylation is 1. The van der Waals surface area contributed by atoms with Crippen molar-refractivity contribution in [2.75, 3.05) is 5.32 Å². The predicted octanol–water partition coefficient (Wildman–Crippen LogP) is 4.00. The van der Waals surface area contributed by atoms with Crippen LogP contribution in [0.4, 0.5) is 5.69 Å². The smallest absolute Gasteiger partial charge is 0.276 e. The molecule has 1 aromatic carbocycles. The van der Waals surface area contributed by atoms with Gasteiger partial charge in [-0.1, -0.05) is 23.2 Å². The van der Waals surface area contributed by atoms with E-state index in [1.165, 1.54) is 4.68 Å². The number of nitrogens with zero attached hydrogens (tertiary/aromatic N) is 4. The Morgan fingerprint density at radius 1 is 1.31 bits per heavy atom. The Labute approximate surface area is 160 Å². The van der Waals surface area contributed by atoms with Gasteiger partial charge in [0.15, 0.2) is 12.4 Å². The average Bonchev–Trinajstić information content (AvgIpc) is 3.22. The number of halogens is 2. The first-order valence-electron chi connectivity index (χ1n) is 7.93. The summed E-state index contributed by atoms with van der Waals surface area (Å²) in [6.45, 7) is 4.73. The molecule has 2 heterocycles. The van der Waals surface area contributed by atoms with Crippen LogP contribution in [0, 0.1) is 6.92 Å². The summed E-state index contributed by atoms with van der Waals surface area (Å²) < 4.78 is 8.90. The highest BCUT2D eigenvalue weighted by atomic mass is 35.5. The number of anilines is 1. The van der Waals surface area contributed by atoms with Gasteiger partial charge in [-0.15, -0.1) is 0 Å². The number of hydrogen-bond donors (Lipinski definition) is 1. The van der Waals surface area contributed by atoms with Crippen molar-refractivity contribution in [3.05, 3.63) is 58.1 Å². The van der Waals surface area contributed by atoms with Gasteiger partial charge in [-0.3, -0.25) is 9.48 Å². The number of amides is 1. The fourth-order valence-corrected chi connectivity index (χ4v) is 2.82. The molecule has 0 saturated heterocycles. The van der Waals surface area contributed by atoms with Gasteiger partial charge in [-0.05, 0) is 38.1 Å². The number of carbonyl (C=O) groups excluding carboxylic acids is 1. The summed E-state index contributed by atoms with van der Waals surface area (Å²) in [6, 6.07) is 6.57. The van der Waals surface area contributed by atoms with E-state index in [-0.39, 0.29) is 18.3 Å². The summed E-state index contributed by atoms with van der Waals surface area (Å²) in [6.07, 6.45) is 3.28. The molecule has 1 amide bonds. The zero-order valence-electron chi connectivity index (χ0n) is 14.2. The highest BCUT2D eigenvalue weighted by molar-refractivity contribution is 6.35. The quantitative estimate of drug-likeness (QED) is 0.686. The number of carbonyl (C=O) groups is 1. The summed E-state index contributed by atoms with van der Waals surface area (Å²) in [5.41, 5.74) is 1.83. The van der Waals surface area contributed by atoms with E-state index in [0.29, 0.717) is 21.5 Å². The van der Waals surface area contributed by atoms with E-state index >= 15 is 0 Å². The third kappa shape index (κ3) is 4.00. The van der Waals surface area contributed by atoms with Crippen LogP contribution >= 0.6 is 23.2 Å². The number of aromatic nitrogens is 4. The second-order valence-electron chi connectivity index (χ2n) is 5.50. The molecule has 0 fully saturated rings. The average molecular weight is 394 g/mol. The van der Waals surface area contributed by atoms with Gasteiger partial charge in [0.1, 0.15) is 5.75 Å². The Bertz CT molecular complexity index is 935. The molecular formula is C17H17Cl2N5O2. The van der Waals surface area contributed by atoms with Crippen LogP contribution in [-0.4, -0.2) is 25.5 Å². The van der Waals surface area contributed by atoms with Crippen LogP contribution in [0.2, 0.25) is 10.0 Å². The maximum atomic E-state index is 12.3. The molecule has 0 unspecified atom stereocenters. The molecule has 0 aliphatic carbocycles. The van der Waals surface area contributed by atoms with Crippen LogP contribution in [0.1, 0.15) is 23.1 Å². The monoisotopic (exact) mass is 393 g/mol. The van der Waals surface area contributed by atoms with Crippen LogP contribution in [0.3, 0.4) is 0 Å². The van der Waals surface area contributed by atoms with Crippen LogP contribution in [0.15, 0.2) is 36.7 Å². The summed E-state index contributed by atoms with van der Waals surface area (Å²) in [7, 11) is 0. The van der Waals surface area contributed by atoms with Gasteiger partial charge in [0.2, 0.25) is 0 Å². The van der Waals surface area contributed by atoms with Gasteiger partial charge >= 0.3 is 0 Å². The maximum absolute atomic E-state index is 12.3. The van der Waals surface area contributed by atoms with E-state index in [1.54, 1.807) is 41.3 Å². The number of rotatable bonds is 6. The lowest BCUT2D eigenvalue weighted by molar-refractivity contribution is 0.102. The first-order chi connectivity index (χ1) is 12.5. The topological polar surface area (TPSA) is 74.0 Å². The lowest BCUT2D eigenvalue weighted by atomic mass is 10.3. The molecule has 0 saturated carbocycles. The Morgan fingerprint density at radius 3 is 2.81 bits per heavy atom. The molecule has 3 rings (SSSR count). The second-order valence-corrected chi connectivity index (χ2v) is 6.35. The molecule has 3 aromatic rings. The molecule has 136 valence electrons. The third-order valence-corrected chi connectivity index (χ3v) is 4.30. The lowest BCUT2D eigenvalue weighted by Gasteiger charge is -2.08. The minimum atomic E-state index is -0.313. The summed E-state index contributed by atoms with van der Waals surface area (Å²) in [5, 5.41) is 12.2. The van der Waals surface area contributed by atoms with Crippen molar-refractivity contribution < 1.29 is 9.53 Å². The minimum absolute atomic E-state index is 0.113. The lowest BCUT2D eigenvalue weighted by Crippen LogP contribution is -2.15. The van der Waals surface area contributed by atoms with Gasteiger partial charge in [0.05, 0.1) is 22.6 Å². The Hall–Kier alpha value is -2.51. The summed E-state index contributed by atoms with van der Waals surface area (Å²) in [5.74, 6) is 0.173. The number of nitrogens with one attached hydrogen (secondary N) is 1. The Kier molecular flexibility index (Phi) is 5.49. The second kappa shape index (κ2) is 7.80. The third-order valence-electron chi connectivity index (χ3n) is 3.77. The van der Waals surface area contributed by atoms with E-state index in [1.807, 2.05) is 13.8 Å². The number of benzene rings is 1. The molecule has 0 bridgehead atoms. The van der Waals surface area contributed by atoms with Crippen LogP contribution in [-0.2, 0) is 13.3 Å². The highest BCUT2D eigenvalue weighted by Gasteiger charge is 2.13. The normalized spacial score (nSPS) is 10.8. The van der Waals surface area contributed by atoms with E-state index in [9.17, 15) is 4.79 Å². The standard InChI is InChI=1S/C17H17Cl2N5O2/c1-3-24-11(2)15(9-20-24)21-17(25)14-6-7-23(22-14)10-26-16-5-4-12(18)8-13(16)19/h4-9H,3,10H2,1-2H3,(H,21,25). The van der Waals surface area contributed by atoms with Crippen molar-refractivity contribution in [2.45, 2.75) is 27.1 Å². The van der Waals surface area contributed by atoms with Crippen molar-refractivity contribution in [3.8, 4) is 5.75 Å².